The SMILES string of the molecule is C[C@H]1CCC2(CCCO2)C1. The van der Waals surface area contributed by atoms with Gasteiger partial charge in [0.05, 0.1) is 5.60 Å². The average Bonchev–Trinajstić information content (AvgIpc) is 2.46. The van der Waals surface area contributed by atoms with Gasteiger partial charge >= 0.3 is 0 Å². The third-order valence-corrected chi connectivity index (χ3v) is 3.00. The van der Waals surface area contributed by atoms with Crippen LogP contribution < -0.4 is 0 Å². The van der Waals surface area contributed by atoms with Crippen LogP contribution in [0.1, 0.15) is 39.0 Å². The van der Waals surface area contributed by atoms with Crippen LogP contribution in [-0.4, -0.2) is 12.2 Å². The Morgan fingerprint density at radius 1 is 1.40 bits per heavy atom. The van der Waals surface area contributed by atoms with Crippen molar-refractivity contribution in [2.24, 2.45) is 5.92 Å². The highest BCUT2D eigenvalue weighted by molar-refractivity contribution is 4.92. The predicted molar refractivity (Wildman–Crippen MR) is 40.9 cm³/mol. The molecule has 1 nitrogen and oxygen atoms in total. The fourth-order valence-corrected chi connectivity index (χ4v) is 2.46. The summed E-state index contributed by atoms with van der Waals surface area (Å²) >= 11 is 0. The van der Waals surface area contributed by atoms with Crippen LogP contribution in [0.15, 0.2) is 0 Å². The second-order valence-corrected chi connectivity index (χ2v) is 3.98. The Morgan fingerprint density at radius 3 is 2.80 bits per heavy atom. The summed E-state index contributed by atoms with van der Waals surface area (Å²) in [5.41, 5.74) is 0.361. The standard InChI is InChI=1S/C9H16O/c1-8-3-5-9(7-8)4-2-6-10-9/h8H,2-7H2,1H3/t8-,9?/m0/s1. The Morgan fingerprint density at radius 2 is 2.30 bits per heavy atom. The molecular weight excluding hydrogens is 124 g/mol. The predicted octanol–water partition coefficient (Wildman–Crippen LogP) is 2.36. The van der Waals surface area contributed by atoms with Crippen molar-refractivity contribution < 1.29 is 4.74 Å². The smallest absolute Gasteiger partial charge is 0.0686 e. The van der Waals surface area contributed by atoms with Gasteiger partial charge in [0.1, 0.15) is 0 Å². The lowest BCUT2D eigenvalue weighted by Gasteiger charge is -2.21. The minimum absolute atomic E-state index is 0.361. The first kappa shape index (κ1) is 6.66. The number of hydrogen-bond donors (Lipinski definition) is 0. The van der Waals surface area contributed by atoms with Crippen molar-refractivity contribution >= 4 is 0 Å². The fraction of sp³-hybridized carbons (Fsp3) is 1.00. The van der Waals surface area contributed by atoms with Crippen molar-refractivity contribution in [3.8, 4) is 0 Å². The van der Waals surface area contributed by atoms with Gasteiger partial charge in [-0.05, 0) is 38.0 Å². The highest BCUT2D eigenvalue weighted by Gasteiger charge is 2.40. The van der Waals surface area contributed by atoms with E-state index in [1.165, 1.54) is 32.1 Å². The molecule has 1 heterocycles. The van der Waals surface area contributed by atoms with Crippen LogP contribution in [0, 0.1) is 5.92 Å². The van der Waals surface area contributed by atoms with Gasteiger partial charge in [0.25, 0.3) is 0 Å². The molecule has 58 valence electrons. The van der Waals surface area contributed by atoms with Crippen molar-refractivity contribution in [1.29, 1.82) is 0 Å². The highest BCUT2D eigenvalue weighted by atomic mass is 16.5. The second-order valence-electron chi connectivity index (χ2n) is 3.98. The molecule has 2 aliphatic rings. The minimum atomic E-state index is 0.361. The molecule has 2 atom stereocenters. The summed E-state index contributed by atoms with van der Waals surface area (Å²) in [4.78, 5) is 0. The van der Waals surface area contributed by atoms with Gasteiger partial charge in [0.2, 0.25) is 0 Å². The molecule has 1 aliphatic carbocycles. The van der Waals surface area contributed by atoms with Gasteiger partial charge in [-0.15, -0.1) is 0 Å². The molecule has 2 rings (SSSR count). The maximum atomic E-state index is 5.77. The molecule has 1 saturated heterocycles. The summed E-state index contributed by atoms with van der Waals surface area (Å²) in [6.45, 7) is 3.36. The van der Waals surface area contributed by atoms with Gasteiger partial charge in [-0.1, -0.05) is 6.92 Å². The monoisotopic (exact) mass is 140 g/mol. The van der Waals surface area contributed by atoms with Crippen LogP contribution in [0.25, 0.3) is 0 Å². The molecule has 1 aliphatic heterocycles. The zero-order valence-corrected chi connectivity index (χ0v) is 6.73. The largest absolute Gasteiger partial charge is 0.375 e. The minimum Gasteiger partial charge on any atom is -0.375 e. The molecule has 0 bridgehead atoms. The lowest BCUT2D eigenvalue weighted by atomic mass is 9.97. The molecule has 1 unspecified atom stereocenters. The number of ether oxygens (including phenoxy) is 1. The zero-order chi connectivity index (χ0) is 7.03. The van der Waals surface area contributed by atoms with Crippen molar-refractivity contribution in [3.05, 3.63) is 0 Å². The van der Waals surface area contributed by atoms with Gasteiger partial charge in [0.15, 0.2) is 0 Å². The first-order chi connectivity index (χ1) is 4.81. The molecule has 1 heteroatoms. The topological polar surface area (TPSA) is 9.23 Å². The first-order valence-electron chi connectivity index (χ1n) is 4.45. The van der Waals surface area contributed by atoms with Gasteiger partial charge in [0, 0.05) is 6.61 Å². The van der Waals surface area contributed by atoms with Crippen LogP contribution in [0.4, 0.5) is 0 Å². The second kappa shape index (κ2) is 2.23. The van der Waals surface area contributed by atoms with Gasteiger partial charge < -0.3 is 4.74 Å². The summed E-state index contributed by atoms with van der Waals surface area (Å²) in [5.74, 6) is 0.915. The van der Waals surface area contributed by atoms with Crippen LogP contribution in [0.3, 0.4) is 0 Å². The molecule has 0 N–H and O–H groups in total. The summed E-state index contributed by atoms with van der Waals surface area (Å²) in [6, 6.07) is 0. The molecule has 10 heavy (non-hydrogen) atoms. The summed E-state index contributed by atoms with van der Waals surface area (Å²) in [7, 11) is 0. The summed E-state index contributed by atoms with van der Waals surface area (Å²) < 4.78 is 5.77. The van der Waals surface area contributed by atoms with Gasteiger partial charge in [-0.2, -0.15) is 0 Å². The quantitative estimate of drug-likeness (QED) is 0.502. The van der Waals surface area contributed by atoms with E-state index < -0.39 is 0 Å². The van der Waals surface area contributed by atoms with E-state index in [0.717, 1.165) is 12.5 Å². The zero-order valence-electron chi connectivity index (χ0n) is 6.73. The van der Waals surface area contributed by atoms with E-state index in [1.807, 2.05) is 0 Å². The lowest BCUT2D eigenvalue weighted by molar-refractivity contribution is 0.00775. The lowest BCUT2D eigenvalue weighted by Crippen LogP contribution is -2.22. The van der Waals surface area contributed by atoms with Crippen molar-refractivity contribution in [1.82, 2.24) is 0 Å². The van der Waals surface area contributed by atoms with E-state index in [1.54, 1.807) is 0 Å². The van der Waals surface area contributed by atoms with E-state index in [-0.39, 0.29) is 0 Å². The molecule has 1 saturated carbocycles. The molecule has 0 amide bonds. The van der Waals surface area contributed by atoms with Crippen molar-refractivity contribution in [2.45, 2.75) is 44.6 Å². The molecule has 2 fully saturated rings. The van der Waals surface area contributed by atoms with Crippen LogP contribution >= 0.6 is 0 Å². The Kier molecular flexibility index (Phi) is 1.48. The summed E-state index contributed by atoms with van der Waals surface area (Å²) in [5, 5.41) is 0. The van der Waals surface area contributed by atoms with Crippen LogP contribution in [0.5, 0.6) is 0 Å². The highest BCUT2D eigenvalue weighted by Crippen LogP contribution is 2.43. The molecule has 1 spiro atoms. The first-order valence-corrected chi connectivity index (χ1v) is 4.45. The fourth-order valence-electron chi connectivity index (χ4n) is 2.46. The number of hydrogen-bond acceptors (Lipinski definition) is 1. The third kappa shape index (κ3) is 0.968. The van der Waals surface area contributed by atoms with Crippen LogP contribution in [-0.2, 0) is 4.74 Å². The van der Waals surface area contributed by atoms with E-state index in [2.05, 4.69) is 6.92 Å². The van der Waals surface area contributed by atoms with Gasteiger partial charge in [-0.25, -0.2) is 0 Å². The van der Waals surface area contributed by atoms with E-state index >= 15 is 0 Å². The average molecular weight is 140 g/mol. The normalized spacial score (nSPS) is 47.1. The van der Waals surface area contributed by atoms with Crippen molar-refractivity contribution in [2.75, 3.05) is 6.61 Å². The molecule has 0 aromatic carbocycles. The third-order valence-electron chi connectivity index (χ3n) is 3.00. The van der Waals surface area contributed by atoms with E-state index in [9.17, 15) is 0 Å². The Labute approximate surface area is 62.8 Å². The van der Waals surface area contributed by atoms with Crippen molar-refractivity contribution in [3.63, 3.8) is 0 Å². The number of rotatable bonds is 0. The molecular formula is C9H16O. The Hall–Kier alpha value is -0.0400. The van der Waals surface area contributed by atoms with Gasteiger partial charge in [-0.3, -0.25) is 0 Å². The van der Waals surface area contributed by atoms with E-state index in [0.29, 0.717) is 5.60 Å². The Bertz CT molecular complexity index is 125. The molecule has 0 aromatic rings. The maximum Gasteiger partial charge on any atom is 0.0686 e. The van der Waals surface area contributed by atoms with Crippen LogP contribution in [0.2, 0.25) is 0 Å². The Balaban J connectivity index is 2.03. The molecule has 0 radical (unpaired) electrons. The summed E-state index contributed by atoms with van der Waals surface area (Å²) in [6.07, 6.45) is 6.67. The maximum absolute atomic E-state index is 5.77. The van der Waals surface area contributed by atoms with E-state index in [4.69, 9.17) is 4.74 Å². The molecule has 0 aromatic heterocycles.